The normalized spacial score (nSPS) is 23.5. The van der Waals surface area contributed by atoms with Gasteiger partial charge in [0.05, 0.1) is 24.6 Å². The quantitative estimate of drug-likeness (QED) is 0.780. The van der Waals surface area contributed by atoms with Crippen LogP contribution in [0, 0.1) is 13.8 Å². The number of hydrogen-bond acceptors (Lipinski definition) is 2. The number of halogens is 1. The number of carbonyl (C=O) groups is 1. The maximum Gasteiger partial charge on any atom is 0.254 e. The van der Waals surface area contributed by atoms with E-state index in [9.17, 15) is 4.79 Å². The van der Waals surface area contributed by atoms with Gasteiger partial charge in [0, 0.05) is 12.1 Å². The van der Waals surface area contributed by atoms with Crippen LogP contribution in [0.3, 0.4) is 0 Å². The van der Waals surface area contributed by atoms with Gasteiger partial charge >= 0.3 is 0 Å². The van der Waals surface area contributed by atoms with Crippen LogP contribution in [0.15, 0.2) is 18.2 Å². The van der Waals surface area contributed by atoms with Gasteiger partial charge in [-0.15, -0.1) is 11.6 Å². The third kappa shape index (κ3) is 3.10. The molecule has 0 radical (unpaired) electrons. The zero-order valence-corrected chi connectivity index (χ0v) is 12.4. The fourth-order valence-corrected chi connectivity index (χ4v) is 2.59. The van der Waals surface area contributed by atoms with E-state index in [1.165, 1.54) is 5.56 Å². The minimum Gasteiger partial charge on any atom is -0.373 e. The lowest BCUT2D eigenvalue weighted by Crippen LogP contribution is -2.51. The van der Waals surface area contributed by atoms with Gasteiger partial charge in [-0.3, -0.25) is 4.79 Å². The lowest BCUT2D eigenvalue weighted by Gasteiger charge is -2.37. The zero-order chi connectivity index (χ0) is 14.0. The summed E-state index contributed by atoms with van der Waals surface area (Å²) in [6, 6.07) is 6.01. The molecular formula is C15H20ClNO2. The Hall–Kier alpha value is -1.06. The monoisotopic (exact) mass is 281 g/mol. The van der Waals surface area contributed by atoms with Crippen LogP contribution in [-0.2, 0) is 4.74 Å². The van der Waals surface area contributed by atoms with Gasteiger partial charge in [-0.05, 0) is 32.4 Å². The SMILES string of the molecule is Cc1ccc(C(=O)N2CC(CCl)OCC2C)c(C)c1. The van der Waals surface area contributed by atoms with Crippen molar-refractivity contribution in [1.82, 2.24) is 4.90 Å². The van der Waals surface area contributed by atoms with E-state index in [0.29, 0.717) is 19.0 Å². The second-order valence-corrected chi connectivity index (χ2v) is 5.54. The number of carbonyl (C=O) groups excluding carboxylic acids is 1. The maximum atomic E-state index is 12.6. The Bertz CT molecular complexity index is 475. The highest BCUT2D eigenvalue weighted by Crippen LogP contribution is 2.19. The number of rotatable bonds is 2. The van der Waals surface area contributed by atoms with Gasteiger partial charge in [-0.2, -0.15) is 0 Å². The number of benzene rings is 1. The molecule has 1 aromatic rings. The summed E-state index contributed by atoms with van der Waals surface area (Å²) in [5.74, 6) is 0.493. The molecule has 1 heterocycles. The fraction of sp³-hybridized carbons (Fsp3) is 0.533. The van der Waals surface area contributed by atoms with E-state index in [1.807, 2.05) is 43.9 Å². The fourth-order valence-electron chi connectivity index (χ4n) is 2.40. The van der Waals surface area contributed by atoms with Crippen LogP contribution in [0.1, 0.15) is 28.4 Å². The minimum absolute atomic E-state index is 0.0624. The van der Waals surface area contributed by atoms with Crippen molar-refractivity contribution in [3.05, 3.63) is 34.9 Å². The van der Waals surface area contributed by atoms with E-state index in [1.54, 1.807) is 0 Å². The summed E-state index contributed by atoms with van der Waals surface area (Å²) in [6.07, 6.45) is -0.0624. The molecule has 0 N–H and O–H groups in total. The van der Waals surface area contributed by atoms with Gasteiger partial charge in [0.1, 0.15) is 0 Å². The molecule has 0 bridgehead atoms. The molecule has 2 unspecified atom stereocenters. The van der Waals surface area contributed by atoms with Crippen molar-refractivity contribution in [3.63, 3.8) is 0 Å². The molecule has 2 atom stereocenters. The van der Waals surface area contributed by atoms with Crippen LogP contribution >= 0.6 is 11.6 Å². The lowest BCUT2D eigenvalue weighted by molar-refractivity contribution is -0.0372. The highest BCUT2D eigenvalue weighted by Gasteiger charge is 2.30. The molecule has 1 amide bonds. The third-order valence-corrected chi connectivity index (χ3v) is 3.90. The highest BCUT2D eigenvalue weighted by atomic mass is 35.5. The van der Waals surface area contributed by atoms with Crippen LogP contribution in [-0.4, -0.2) is 42.0 Å². The zero-order valence-electron chi connectivity index (χ0n) is 11.6. The second kappa shape index (κ2) is 5.93. The Kier molecular flexibility index (Phi) is 4.48. The summed E-state index contributed by atoms with van der Waals surface area (Å²) >= 11 is 5.83. The van der Waals surface area contributed by atoms with Gasteiger partial charge in [0.25, 0.3) is 5.91 Å². The highest BCUT2D eigenvalue weighted by molar-refractivity contribution is 6.18. The van der Waals surface area contributed by atoms with E-state index in [-0.39, 0.29) is 18.1 Å². The van der Waals surface area contributed by atoms with Gasteiger partial charge in [0.15, 0.2) is 0 Å². The average Bonchev–Trinajstić information content (AvgIpc) is 2.38. The number of nitrogens with zero attached hydrogens (tertiary/aromatic N) is 1. The van der Waals surface area contributed by atoms with Gasteiger partial charge < -0.3 is 9.64 Å². The number of morpholine rings is 1. The Morgan fingerprint density at radius 3 is 2.84 bits per heavy atom. The molecule has 4 heteroatoms. The smallest absolute Gasteiger partial charge is 0.254 e. The molecule has 1 aliphatic heterocycles. The molecule has 0 aliphatic carbocycles. The molecule has 0 spiro atoms. The Morgan fingerprint density at radius 1 is 1.47 bits per heavy atom. The van der Waals surface area contributed by atoms with E-state index in [0.717, 1.165) is 11.1 Å². The van der Waals surface area contributed by atoms with Crippen LogP contribution in [0.2, 0.25) is 0 Å². The largest absolute Gasteiger partial charge is 0.373 e. The number of amides is 1. The first-order chi connectivity index (χ1) is 9.02. The second-order valence-electron chi connectivity index (χ2n) is 5.23. The van der Waals surface area contributed by atoms with Crippen molar-refractivity contribution in [3.8, 4) is 0 Å². The first kappa shape index (κ1) is 14.4. The number of alkyl halides is 1. The van der Waals surface area contributed by atoms with E-state index in [2.05, 4.69) is 0 Å². The number of aryl methyl sites for hydroxylation is 2. The molecule has 2 rings (SSSR count). The first-order valence-corrected chi connectivity index (χ1v) is 7.12. The average molecular weight is 282 g/mol. The van der Waals surface area contributed by atoms with Gasteiger partial charge in [0.2, 0.25) is 0 Å². The van der Waals surface area contributed by atoms with Gasteiger partial charge in [-0.1, -0.05) is 17.7 Å². The Labute approximate surface area is 119 Å². The van der Waals surface area contributed by atoms with E-state index in [4.69, 9.17) is 16.3 Å². The summed E-state index contributed by atoms with van der Waals surface area (Å²) < 4.78 is 5.58. The van der Waals surface area contributed by atoms with Crippen LogP contribution < -0.4 is 0 Å². The molecular weight excluding hydrogens is 262 g/mol. The predicted octanol–water partition coefficient (Wildman–Crippen LogP) is 2.77. The van der Waals surface area contributed by atoms with Crippen molar-refractivity contribution >= 4 is 17.5 Å². The van der Waals surface area contributed by atoms with E-state index < -0.39 is 0 Å². The minimum atomic E-state index is -0.0624. The summed E-state index contributed by atoms with van der Waals surface area (Å²) in [6.45, 7) is 7.13. The molecule has 1 saturated heterocycles. The van der Waals surface area contributed by atoms with Gasteiger partial charge in [-0.25, -0.2) is 0 Å². The van der Waals surface area contributed by atoms with Crippen molar-refractivity contribution < 1.29 is 9.53 Å². The summed E-state index contributed by atoms with van der Waals surface area (Å²) in [5.41, 5.74) is 2.96. The van der Waals surface area contributed by atoms with Crippen molar-refractivity contribution in [1.29, 1.82) is 0 Å². The summed E-state index contributed by atoms with van der Waals surface area (Å²) in [7, 11) is 0. The molecule has 1 aromatic carbocycles. The predicted molar refractivity (Wildman–Crippen MR) is 76.9 cm³/mol. The molecule has 0 aromatic heterocycles. The Morgan fingerprint density at radius 2 is 2.21 bits per heavy atom. The lowest BCUT2D eigenvalue weighted by atomic mass is 10.0. The molecule has 3 nitrogen and oxygen atoms in total. The maximum absolute atomic E-state index is 12.6. The molecule has 0 saturated carbocycles. The molecule has 1 fully saturated rings. The number of ether oxygens (including phenoxy) is 1. The van der Waals surface area contributed by atoms with Crippen molar-refractivity contribution in [2.75, 3.05) is 19.0 Å². The topological polar surface area (TPSA) is 29.5 Å². The van der Waals surface area contributed by atoms with Crippen molar-refractivity contribution in [2.45, 2.75) is 32.9 Å². The van der Waals surface area contributed by atoms with Crippen molar-refractivity contribution in [2.24, 2.45) is 0 Å². The van der Waals surface area contributed by atoms with Crippen LogP contribution in [0.4, 0.5) is 0 Å². The summed E-state index contributed by atoms with van der Waals surface area (Å²) in [5, 5.41) is 0. The number of hydrogen-bond donors (Lipinski definition) is 0. The standard InChI is InChI=1S/C15H20ClNO2/c1-10-4-5-14(11(2)6-10)15(18)17-8-13(7-16)19-9-12(17)3/h4-6,12-13H,7-9H2,1-3H3. The van der Waals surface area contributed by atoms with Crippen LogP contribution in [0.25, 0.3) is 0 Å². The summed E-state index contributed by atoms with van der Waals surface area (Å²) in [4.78, 5) is 14.5. The molecule has 1 aliphatic rings. The molecule has 104 valence electrons. The Balaban J connectivity index is 2.22. The molecule has 19 heavy (non-hydrogen) atoms. The third-order valence-electron chi connectivity index (χ3n) is 3.55. The first-order valence-electron chi connectivity index (χ1n) is 6.58. The van der Waals surface area contributed by atoms with Crippen LogP contribution in [0.5, 0.6) is 0 Å². The van der Waals surface area contributed by atoms with E-state index >= 15 is 0 Å².